The summed E-state index contributed by atoms with van der Waals surface area (Å²) in [6, 6.07) is 6.82. The summed E-state index contributed by atoms with van der Waals surface area (Å²) in [6.07, 6.45) is 3.24. The predicted molar refractivity (Wildman–Crippen MR) is 110 cm³/mol. The highest BCUT2D eigenvalue weighted by Crippen LogP contribution is 2.20. The Labute approximate surface area is 170 Å². The van der Waals surface area contributed by atoms with Crippen molar-refractivity contribution in [1.82, 2.24) is 20.0 Å². The minimum Gasteiger partial charge on any atom is -0.341 e. The summed E-state index contributed by atoms with van der Waals surface area (Å²) in [4.78, 5) is 26.8. The van der Waals surface area contributed by atoms with Crippen molar-refractivity contribution >= 4 is 23.4 Å². The molecule has 7 heteroatoms. The molecule has 1 aromatic heterocycles. The number of benzene rings is 1. The van der Waals surface area contributed by atoms with E-state index in [1.807, 2.05) is 35.6 Å². The van der Waals surface area contributed by atoms with Crippen LogP contribution >= 0.6 is 11.6 Å². The Morgan fingerprint density at radius 2 is 1.79 bits per heavy atom. The summed E-state index contributed by atoms with van der Waals surface area (Å²) in [6.45, 7) is 7.71. The fraction of sp³-hybridized carbons (Fsp3) is 0.476. The molecular weight excluding hydrogens is 376 g/mol. The summed E-state index contributed by atoms with van der Waals surface area (Å²) < 4.78 is 1.85. The summed E-state index contributed by atoms with van der Waals surface area (Å²) >= 11 is 6.19. The number of aromatic nitrogens is 2. The van der Waals surface area contributed by atoms with E-state index in [0.29, 0.717) is 17.1 Å². The second kappa shape index (κ2) is 8.78. The zero-order valence-electron chi connectivity index (χ0n) is 16.7. The number of nitrogens with zero attached hydrogens (tertiary/aromatic N) is 3. The maximum absolute atomic E-state index is 12.5. The Morgan fingerprint density at radius 1 is 1.14 bits per heavy atom. The normalized spacial score (nSPS) is 15.4. The molecule has 1 aromatic carbocycles. The quantitative estimate of drug-likeness (QED) is 0.834. The van der Waals surface area contributed by atoms with E-state index in [2.05, 4.69) is 10.4 Å². The van der Waals surface area contributed by atoms with E-state index in [0.717, 1.165) is 42.9 Å². The number of nitrogens with one attached hydrogen (secondary N) is 1. The lowest BCUT2D eigenvalue weighted by Gasteiger charge is -2.29. The van der Waals surface area contributed by atoms with Crippen LogP contribution in [-0.4, -0.2) is 45.6 Å². The Morgan fingerprint density at radius 3 is 2.36 bits per heavy atom. The van der Waals surface area contributed by atoms with Crippen LogP contribution in [0, 0.1) is 13.8 Å². The average molecular weight is 403 g/mol. The Balaban J connectivity index is 1.60. The van der Waals surface area contributed by atoms with Gasteiger partial charge in [-0.25, -0.2) is 0 Å². The number of rotatable bonds is 5. The SMILES string of the molecule is Cc1nn(Cc2ccc(C(=O)NC(C)C(=O)N3CCCCC3)cc2)c(C)c1Cl. The molecule has 0 spiro atoms. The molecule has 1 aliphatic heterocycles. The van der Waals surface area contributed by atoms with Crippen molar-refractivity contribution in [2.24, 2.45) is 0 Å². The number of carbonyl (C=O) groups is 2. The molecule has 0 aliphatic carbocycles. The highest BCUT2D eigenvalue weighted by molar-refractivity contribution is 6.31. The van der Waals surface area contributed by atoms with Gasteiger partial charge >= 0.3 is 0 Å². The lowest BCUT2D eigenvalue weighted by molar-refractivity contribution is -0.133. The van der Waals surface area contributed by atoms with Gasteiger partial charge in [0.2, 0.25) is 5.91 Å². The number of piperidine rings is 1. The maximum atomic E-state index is 12.5. The molecule has 1 fully saturated rings. The van der Waals surface area contributed by atoms with Crippen LogP contribution in [0.3, 0.4) is 0 Å². The van der Waals surface area contributed by atoms with Crippen LogP contribution in [0.25, 0.3) is 0 Å². The van der Waals surface area contributed by atoms with Gasteiger partial charge in [0.1, 0.15) is 6.04 Å². The summed E-state index contributed by atoms with van der Waals surface area (Å²) in [5.74, 6) is -0.246. The van der Waals surface area contributed by atoms with E-state index >= 15 is 0 Å². The number of likely N-dealkylation sites (tertiary alicyclic amines) is 1. The van der Waals surface area contributed by atoms with Crippen molar-refractivity contribution in [3.63, 3.8) is 0 Å². The summed E-state index contributed by atoms with van der Waals surface area (Å²) in [5.41, 5.74) is 3.29. The lowest BCUT2D eigenvalue weighted by Crippen LogP contribution is -2.48. The molecule has 0 saturated carbocycles. The number of hydrogen-bond acceptors (Lipinski definition) is 3. The molecule has 2 heterocycles. The van der Waals surface area contributed by atoms with Crippen LogP contribution in [0.15, 0.2) is 24.3 Å². The van der Waals surface area contributed by atoms with Gasteiger partial charge in [-0.1, -0.05) is 23.7 Å². The van der Waals surface area contributed by atoms with Gasteiger partial charge < -0.3 is 10.2 Å². The molecule has 2 aromatic rings. The smallest absolute Gasteiger partial charge is 0.251 e. The lowest BCUT2D eigenvalue weighted by atomic mass is 10.1. The first kappa shape index (κ1) is 20.4. The molecule has 6 nitrogen and oxygen atoms in total. The molecular formula is C21H27ClN4O2. The largest absolute Gasteiger partial charge is 0.341 e. The minimum atomic E-state index is -0.526. The molecule has 28 heavy (non-hydrogen) atoms. The Hall–Kier alpha value is -2.34. The first-order chi connectivity index (χ1) is 13.4. The van der Waals surface area contributed by atoms with Crippen molar-refractivity contribution in [3.05, 3.63) is 51.8 Å². The number of halogens is 1. The van der Waals surface area contributed by atoms with Crippen molar-refractivity contribution in [2.75, 3.05) is 13.1 Å². The molecule has 1 N–H and O–H groups in total. The maximum Gasteiger partial charge on any atom is 0.251 e. The zero-order valence-corrected chi connectivity index (χ0v) is 17.4. The minimum absolute atomic E-state index is 0.00826. The van der Waals surface area contributed by atoms with Gasteiger partial charge in [0.15, 0.2) is 0 Å². The van der Waals surface area contributed by atoms with E-state index in [-0.39, 0.29) is 11.8 Å². The summed E-state index contributed by atoms with van der Waals surface area (Å²) in [5, 5.41) is 7.93. The van der Waals surface area contributed by atoms with Crippen LogP contribution in [0.2, 0.25) is 5.02 Å². The fourth-order valence-corrected chi connectivity index (χ4v) is 3.63. The highest BCUT2D eigenvalue weighted by Gasteiger charge is 2.23. The number of aryl methyl sites for hydroxylation is 1. The number of carbonyl (C=O) groups excluding carboxylic acids is 2. The third kappa shape index (κ3) is 4.55. The molecule has 1 aliphatic rings. The molecule has 0 bridgehead atoms. The second-order valence-corrected chi connectivity index (χ2v) is 7.80. The molecule has 3 rings (SSSR count). The first-order valence-electron chi connectivity index (χ1n) is 9.75. The first-order valence-corrected chi connectivity index (χ1v) is 10.1. The third-order valence-corrected chi connectivity index (χ3v) is 5.77. The van der Waals surface area contributed by atoms with Gasteiger partial charge in [-0.2, -0.15) is 5.10 Å². The zero-order chi connectivity index (χ0) is 20.3. The fourth-order valence-electron chi connectivity index (χ4n) is 3.49. The molecule has 1 atom stereocenters. The number of amides is 2. The van der Waals surface area contributed by atoms with Crippen molar-refractivity contribution in [1.29, 1.82) is 0 Å². The van der Waals surface area contributed by atoms with Crippen LogP contribution in [0.1, 0.15) is 53.5 Å². The topological polar surface area (TPSA) is 67.2 Å². The van der Waals surface area contributed by atoms with Crippen LogP contribution in [0.4, 0.5) is 0 Å². The molecule has 2 amide bonds. The van der Waals surface area contributed by atoms with Gasteiger partial charge in [-0.3, -0.25) is 14.3 Å². The highest BCUT2D eigenvalue weighted by atomic mass is 35.5. The van der Waals surface area contributed by atoms with E-state index in [1.165, 1.54) is 6.42 Å². The van der Waals surface area contributed by atoms with Gasteiger partial charge in [0.05, 0.1) is 23.0 Å². The standard InChI is InChI=1S/C21H27ClN4O2/c1-14-19(22)16(3)26(24-14)13-17-7-9-18(10-8-17)20(27)23-15(2)21(28)25-11-5-4-6-12-25/h7-10,15H,4-6,11-13H2,1-3H3,(H,23,27). The van der Waals surface area contributed by atoms with Crippen molar-refractivity contribution < 1.29 is 9.59 Å². The third-order valence-electron chi connectivity index (χ3n) is 5.23. The van der Waals surface area contributed by atoms with Gasteiger partial charge in [0, 0.05) is 18.7 Å². The second-order valence-electron chi connectivity index (χ2n) is 7.42. The van der Waals surface area contributed by atoms with Gasteiger partial charge in [0.25, 0.3) is 5.91 Å². The van der Waals surface area contributed by atoms with Crippen LogP contribution in [-0.2, 0) is 11.3 Å². The van der Waals surface area contributed by atoms with Crippen LogP contribution < -0.4 is 5.32 Å². The van der Waals surface area contributed by atoms with Crippen molar-refractivity contribution in [2.45, 2.75) is 52.6 Å². The monoisotopic (exact) mass is 402 g/mol. The molecule has 150 valence electrons. The number of hydrogen-bond donors (Lipinski definition) is 1. The average Bonchev–Trinajstić information content (AvgIpc) is 2.95. The van der Waals surface area contributed by atoms with E-state index in [1.54, 1.807) is 19.1 Å². The van der Waals surface area contributed by atoms with Gasteiger partial charge in [-0.15, -0.1) is 0 Å². The summed E-state index contributed by atoms with van der Waals surface area (Å²) in [7, 11) is 0. The van der Waals surface area contributed by atoms with Crippen LogP contribution in [0.5, 0.6) is 0 Å². The van der Waals surface area contributed by atoms with E-state index in [4.69, 9.17) is 11.6 Å². The Bertz CT molecular complexity index is 854. The van der Waals surface area contributed by atoms with Crippen molar-refractivity contribution in [3.8, 4) is 0 Å². The molecule has 1 unspecified atom stereocenters. The Kier molecular flexibility index (Phi) is 6.39. The van der Waals surface area contributed by atoms with E-state index < -0.39 is 6.04 Å². The van der Waals surface area contributed by atoms with E-state index in [9.17, 15) is 9.59 Å². The molecule has 0 radical (unpaired) electrons. The molecule has 1 saturated heterocycles. The van der Waals surface area contributed by atoms with Gasteiger partial charge in [-0.05, 0) is 57.7 Å². The predicted octanol–water partition coefficient (Wildman–Crippen LogP) is 3.33.